The summed E-state index contributed by atoms with van der Waals surface area (Å²) in [6.45, 7) is 0.192. The second-order valence-electron chi connectivity index (χ2n) is 4.14. The zero-order valence-electron chi connectivity index (χ0n) is 11.2. The Balaban J connectivity index is 2.26. The number of rotatable bonds is 5. The zero-order chi connectivity index (χ0) is 15.2. The average Bonchev–Trinajstić information content (AvgIpc) is 2.48. The highest BCUT2D eigenvalue weighted by atomic mass is 35.5. The van der Waals surface area contributed by atoms with Gasteiger partial charge in [0.1, 0.15) is 18.1 Å². The van der Waals surface area contributed by atoms with E-state index in [1.807, 2.05) is 0 Å². The smallest absolute Gasteiger partial charge is 0.132 e. The molecule has 0 unspecified atom stereocenters. The molecule has 0 amide bonds. The van der Waals surface area contributed by atoms with Crippen molar-refractivity contribution in [3.8, 4) is 11.5 Å². The van der Waals surface area contributed by atoms with E-state index >= 15 is 0 Å². The molecule has 2 aromatic carbocycles. The van der Waals surface area contributed by atoms with Crippen LogP contribution < -0.4 is 9.47 Å². The summed E-state index contributed by atoms with van der Waals surface area (Å²) in [5.41, 5.74) is 1.30. The van der Waals surface area contributed by atoms with E-state index in [0.717, 1.165) is 0 Å². The van der Waals surface area contributed by atoms with Crippen molar-refractivity contribution in [2.75, 3.05) is 7.11 Å². The molecule has 0 saturated heterocycles. The highest BCUT2D eigenvalue weighted by molar-refractivity contribution is 6.35. The minimum atomic E-state index is 0.192. The lowest BCUT2D eigenvalue weighted by atomic mass is 10.2. The molecule has 0 bridgehead atoms. The van der Waals surface area contributed by atoms with Gasteiger partial charge in [-0.2, -0.15) is 0 Å². The minimum Gasteiger partial charge on any atom is -0.497 e. The van der Waals surface area contributed by atoms with Gasteiger partial charge in [0.25, 0.3) is 0 Å². The molecule has 4 nitrogen and oxygen atoms in total. The van der Waals surface area contributed by atoms with Gasteiger partial charge in [-0.15, -0.1) is 0 Å². The molecule has 0 atom stereocenters. The maximum atomic E-state index is 8.68. The van der Waals surface area contributed by atoms with Crippen molar-refractivity contribution in [1.29, 1.82) is 0 Å². The van der Waals surface area contributed by atoms with Gasteiger partial charge in [-0.25, -0.2) is 0 Å². The number of hydrogen-bond donors (Lipinski definition) is 1. The van der Waals surface area contributed by atoms with Crippen molar-refractivity contribution in [2.24, 2.45) is 5.16 Å². The molecule has 0 aliphatic heterocycles. The van der Waals surface area contributed by atoms with E-state index in [9.17, 15) is 0 Å². The second kappa shape index (κ2) is 7.20. The predicted octanol–water partition coefficient (Wildman–Crippen LogP) is 4.39. The SMILES string of the molecule is COc1ccc(/C=N\O)c(OCc2c(Cl)cccc2Cl)c1. The van der Waals surface area contributed by atoms with Gasteiger partial charge in [0.15, 0.2) is 0 Å². The summed E-state index contributed by atoms with van der Waals surface area (Å²) in [5, 5.41) is 12.8. The Morgan fingerprint density at radius 3 is 2.52 bits per heavy atom. The number of oxime groups is 1. The molecule has 0 saturated carbocycles. The highest BCUT2D eigenvalue weighted by Gasteiger charge is 2.09. The maximum Gasteiger partial charge on any atom is 0.132 e. The van der Waals surface area contributed by atoms with Gasteiger partial charge in [0.05, 0.1) is 13.3 Å². The van der Waals surface area contributed by atoms with Crippen LogP contribution in [-0.4, -0.2) is 18.5 Å². The average molecular weight is 326 g/mol. The van der Waals surface area contributed by atoms with E-state index in [1.54, 1.807) is 43.5 Å². The first-order chi connectivity index (χ1) is 10.2. The van der Waals surface area contributed by atoms with E-state index < -0.39 is 0 Å². The number of ether oxygens (including phenoxy) is 2. The van der Waals surface area contributed by atoms with Crippen molar-refractivity contribution in [1.82, 2.24) is 0 Å². The molecule has 2 aromatic rings. The van der Waals surface area contributed by atoms with Crippen molar-refractivity contribution >= 4 is 29.4 Å². The molecule has 0 aliphatic rings. The summed E-state index contributed by atoms with van der Waals surface area (Å²) >= 11 is 12.2. The molecule has 0 aromatic heterocycles. The Bertz CT molecular complexity index is 639. The van der Waals surface area contributed by atoms with Crippen molar-refractivity contribution in [3.05, 3.63) is 57.6 Å². The number of methoxy groups -OCH3 is 1. The third-order valence-electron chi connectivity index (χ3n) is 2.85. The van der Waals surface area contributed by atoms with Crippen molar-refractivity contribution in [3.63, 3.8) is 0 Å². The fourth-order valence-corrected chi connectivity index (χ4v) is 2.26. The third-order valence-corrected chi connectivity index (χ3v) is 3.56. The van der Waals surface area contributed by atoms with Crippen LogP contribution in [0.2, 0.25) is 10.0 Å². The lowest BCUT2D eigenvalue weighted by molar-refractivity contribution is 0.302. The summed E-state index contributed by atoms with van der Waals surface area (Å²) in [7, 11) is 1.56. The molecule has 0 aliphatic carbocycles. The normalized spacial score (nSPS) is 10.8. The topological polar surface area (TPSA) is 51.0 Å². The first-order valence-electron chi connectivity index (χ1n) is 6.07. The highest BCUT2D eigenvalue weighted by Crippen LogP contribution is 2.28. The van der Waals surface area contributed by atoms with Gasteiger partial charge in [0, 0.05) is 27.2 Å². The first-order valence-corrected chi connectivity index (χ1v) is 6.82. The largest absolute Gasteiger partial charge is 0.497 e. The van der Waals surface area contributed by atoms with E-state index in [1.165, 1.54) is 6.21 Å². The summed E-state index contributed by atoms with van der Waals surface area (Å²) < 4.78 is 10.9. The molecule has 6 heteroatoms. The van der Waals surface area contributed by atoms with E-state index in [-0.39, 0.29) is 6.61 Å². The molecule has 2 rings (SSSR count). The van der Waals surface area contributed by atoms with E-state index in [0.29, 0.717) is 32.7 Å². The number of benzene rings is 2. The number of nitrogens with zero attached hydrogens (tertiary/aromatic N) is 1. The number of hydrogen-bond acceptors (Lipinski definition) is 4. The molecule has 0 radical (unpaired) electrons. The third kappa shape index (κ3) is 3.80. The standard InChI is InChI=1S/C15H13Cl2NO3/c1-20-11-6-5-10(8-18-19)15(7-11)21-9-12-13(16)3-2-4-14(12)17/h2-8,19H,9H2,1H3/b18-8-. The monoisotopic (exact) mass is 325 g/mol. The van der Waals surface area contributed by atoms with Crippen LogP contribution in [0.1, 0.15) is 11.1 Å². The first kappa shape index (κ1) is 15.5. The maximum absolute atomic E-state index is 8.68. The molecule has 21 heavy (non-hydrogen) atoms. The van der Waals surface area contributed by atoms with Crippen LogP contribution in [0, 0.1) is 0 Å². The Hall–Kier alpha value is -1.91. The Morgan fingerprint density at radius 2 is 1.90 bits per heavy atom. The van der Waals surface area contributed by atoms with Crippen LogP contribution >= 0.6 is 23.2 Å². The van der Waals surface area contributed by atoms with Crippen LogP contribution in [-0.2, 0) is 6.61 Å². The molecule has 1 N–H and O–H groups in total. The fourth-order valence-electron chi connectivity index (χ4n) is 1.76. The van der Waals surface area contributed by atoms with Crippen LogP contribution in [0.5, 0.6) is 11.5 Å². The quantitative estimate of drug-likeness (QED) is 0.504. The Labute approximate surface area is 132 Å². The second-order valence-corrected chi connectivity index (χ2v) is 4.95. The predicted molar refractivity (Wildman–Crippen MR) is 83.2 cm³/mol. The van der Waals surface area contributed by atoms with Crippen molar-refractivity contribution in [2.45, 2.75) is 6.61 Å². The fraction of sp³-hybridized carbons (Fsp3) is 0.133. The lowest BCUT2D eigenvalue weighted by Crippen LogP contribution is -2.00. The van der Waals surface area contributed by atoms with Crippen LogP contribution in [0.15, 0.2) is 41.6 Å². The van der Waals surface area contributed by atoms with E-state index in [4.69, 9.17) is 37.9 Å². The molecule has 0 spiro atoms. The van der Waals surface area contributed by atoms with Gasteiger partial charge >= 0.3 is 0 Å². The van der Waals surface area contributed by atoms with Gasteiger partial charge in [0.2, 0.25) is 0 Å². The van der Waals surface area contributed by atoms with Crippen molar-refractivity contribution < 1.29 is 14.7 Å². The molecular formula is C15H13Cl2NO3. The van der Waals surface area contributed by atoms with Gasteiger partial charge in [-0.05, 0) is 24.3 Å². The zero-order valence-corrected chi connectivity index (χ0v) is 12.7. The van der Waals surface area contributed by atoms with Crippen LogP contribution in [0.3, 0.4) is 0 Å². The molecular weight excluding hydrogens is 313 g/mol. The summed E-state index contributed by atoms with van der Waals surface area (Å²) in [5.74, 6) is 1.13. The Kier molecular flexibility index (Phi) is 5.31. The summed E-state index contributed by atoms with van der Waals surface area (Å²) in [4.78, 5) is 0. The van der Waals surface area contributed by atoms with E-state index in [2.05, 4.69) is 5.16 Å². The summed E-state index contributed by atoms with van der Waals surface area (Å²) in [6.07, 6.45) is 1.28. The Morgan fingerprint density at radius 1 is 1.19 bits per heavy atom. The van der Waals surface area contributed by atoms with Crippen LogP contribution in [0.4, 0.5) is 0 Å². The van der Waals surface area contributed by atoms with Gasteiger partial charge in [-0.1, -0.05) is 34.4 Å². The van der Waals surface area contributed by atoms with Gasteiger partial charge in [-0.3, -0.25) is 0 Å². The summed E-state index contributed by atoms with van der Waals surface area (Å²) in [6, 6.07) is 10.4. The molecule has 0 heterocycles. The van der Waals surface area contributed by atoms with Gasteiger partial charge < -0.3 is 14.7 Å². The number of halogens is 2. The minimum absolute atomic E-state index is 0.192. The molecule has 110 valence electrons. The van der Waals surface area contributed by atoms with Crippen LogP contribution in [0.25, 0.3) is 0 Å². The molecule has 0 fully saturated rings. The lowest BCUT2D eigenvalue weighted by Gasteiger charge is -2.12.